The lowest BCUT2D eigenvalue weighted by atomic mass is 10.0. The number of nitrogens with two attached hydrogens (primary N) is 1. The van der Waals surface area contributed by atoms with Gasteiger partial charge in [0.15, 0.2) is 0 Å². The Bertz CT molecular complexity index is 1100. The lowest BCUT2D eigenvalue weighted by Gasteiger charge is -2.24. The Hall–Kier alpha value is -1.58. The number of rotatable bonds is 46. The summed E-state index contributed by atoms with van der Waals surface area (Å²) in [6.45, 7) is 3.95. The molecule has 0 heterocycles. The van der Waals surface area contributed by atoms with Crippen LogP contribution in [0.2, 0.25) is 0 Å². The van der Waals surface area contributed by atoms with Crippen LogP contribution in [0, 0.1) is 0 Å². The van der Waals surface area contributed by atoms with Gasteiger partial charge in [0, 0.05) is 6.54 Å². The molecule has 4 atom stereocenters. The summed E-state index contributed by atoms with van der Waals surface area (Å²) in [4.78, 5) is 22.8. The zero-order valence-corrected chi connectivity index (χ0v) is 39.7. The van der Waals surface area contributed by atoms with Crippen molar-refractivity contribution in [3.63, 3.8) is 0 Å². The number of aliphatic hydroxyl groups excluding tert-OH is 2. The predicted octanol–water partition coefficient (Wildman–Crippen LogP) is 13.4. The van der Waals surface area contributed by atoms with Gasteiger partial charge in [-0.15, -0.1) is 0 Å². The number of phosphoric acid groups is 1. The van der Waals surface area contributed by atoms with Gasteiger partial charge in [-0.25, -0.2) is 4.57 Å². The standard InChI is InChI=1S/C50H95N2O7P/c1-3-5-7-9-11-13-15-17-19-21-23-24-25-27-29-31-33-35-37-39-41-47(53)45-50(55)52-48(46-59-60(56,57)58-44-43-51)49(54)42-40-38-36-34-32-30-28-26-22-20-18-16-14-12-10-8-6-4-2/h22,25-27,32,34,40,42,47-49,53-54H,3-21,23-24,28-31,33,35-39,41,43-46,51H2,1-2H3,(H,52,55)(H,56,57)/b26-22+,27-25-,34-32+,42-40+. The molecule has 0 aliphatic heterocycles. The van der Waals surface area contributed by atoms with Crippen LogP contribution in [-0.4, -0.2) is 59.0 Å². The minimum Gasteiger partial charge on any atom is -0.393 e. The zero-order chi connectivity index (χ0) is 44.0. The van der Waals surface area contributed by atoms with Crippen molar-refractivity contribution in [2.24, 2.45) is 5.73 Å². The van der Waals surface area contributed by atoms with Crippen LogP contribution in [0.15, 0.2) is 48.6 Å². The maximum atomic E-state index is 12.9. The summed E-state index contributed by atoms with van der Waals surface area (Å²) in [7, 11) is -4.42. The highest BCUT2D eigenvalue weighted by Crippen LogP contribution is 2.43. The van der Waals surface area contributed by atoms with Crippen LogP contribution in [0.4, 0.5) is 0 Å². The van der Waals surface area contributed by atoms with E-state index in [1.54, 1.807) is 6.08 Å². The van der Waals surface area contributed by atoms with Crippen molar-refractivity contribution in [3.05, 3.63) is 48.6 Å². The number of nitrogens with one attached hydrogen (secondary N) is 1. The van der Waals surface area contributed by atoms with Crippen LogP contribution in [0.3, 0.4) is 0 Å². The summed E-state index contributed by atoms with van der Waals surface area (Å²) in [5.74, 6) is -0.464. The molecule has 0 spiro atoms. The Morgan fingerprint density at radius 2 is 0.950 bits per heavy atom. The zero-order valence-electron chi connectivity index (χ0n) is 38.8. The summed E-state index contributed by atoms with van der Waals surface area (Å²) >= 11 is 0. The molecule has 0 fully saturated rings. The fourth-order valence-electron chi connectivity index (χ4n) is 7.14. The Morgan fingerprint density at radius 1 is 0.567 bits per heavy atom. The molecule has 10 heteroatoms. The van der Waals surface area contributed by atoms with Gasteiger partial charge in [0.05, 0.1) is 37.9 Å². The molecule has 0 saturated carbocycles. The van der Waals surface area contributed by atoms with E-state index in [9.17, 15) is 24.5 Å². The molecular weight excluding hydrogens is 772 g/mol. The van der Waals surface area contributed by atoms with Crippen molar-refractivity contribution in [2.45, 2.75) is 244 Å². The van der Waals surface area contributed by atoms with E-state index in [4.69, 9.17) is 14.8 Å². The highest BCUT2D eigenvalue weighted by molar-refractivity contribution is 7.47. The molecule has 0 saturated heterocycles. The third-order valence-electron chi connectivity index (χ3n) is 10.9. The number of carbonyl (C=O) groups is 1. The summed E-state index contributed by atoms with van der Waals surface area (Å²) in [5.41, 5.74) is 5.37. The molecule has 0 aliphatic rings. The first kappa shape index (κ1) is 58.4. The maximum Gasteiger partial charge on any atom is 0.472 e. The molecule has 0 aromatic heterocycles. The number of amides is 1. The van der Waals surface area contributed by atoms with Gasteiger partial charge >= 0.3 is 7.82 Å². The van der Waals surface area contributed by atoms with Crippen molar-refractivity contribution in [1.82, 2.24) is 5.32 Å². The topological polar surface area (TPSA) is 151 Å². The van der Waals surface area contributed by atoms with Gasteiger partial charge in [-0.05, 0) is 70.6 Å². The van der Waals surface area contributed by atoms with E-state index in [-0.39, 0.29) is 19.6 Å². The van der Waals surface area contributed by atoms with Gasteiger partial charge in [0.1, 0.15) is 0 Å². The molecule has 60 heavy (non-hydrogen) atoms. The van der Waals surface area contributed by atoms with Crippen LogP contribution >= 0.6 is 7.82 Å². The molecule has 0 aliphatic carbocycles. The summed E-state index contributed by atoms with van der Waals surface area (Å²) < 4.78 is 22.1. The molecule has 0 aromatic rings. The van der Waals surface area contributed by atoms with Crippen LogP contribution in [0.1, 0.15) is 226 Å². The molecule has 6 N–H and O–H groups in total. The first-order valence-corrected chi connectivity index (χ1v) is 26.3. The van der Waals surface area contributed by atoms with E-state index in [0.29, 0.717) is 12.8 Å². The third-order valence-corrected chi connectivity index (χ3v) is 11.9. The van der Waals surface area contributed by atoms with Gasteiger partial charge in [0.2, 0.25) is 5.91 Å². The number of unbranched alkanes of at least 4 members (excludes halogenated alkanes) is 26. The van der Waals surface area contributed by atoms with E-state index in [1.807, 2.05) is 6.08 Å². The van der Waals surface area contributed by atoms with Gasteiger partial charge in [0.25, 0.3) is 0 Å². The van der Waals surface area contributed by atoms with Crippen LogP contribution < -0.4 is 11.1 Å². The molecule has 1 amide bonds. The van der Waals surface area contributed by atoms with Crippen LogP contribution in [0.5, 0.6) is 0 Å². The first-order valence-electron chi connectivity index (χ1n) is 24.8. The van der Waals surface area contributed by atoms with Gasteiger partial charge < -0.3 is 26.2 Å². The quantitative estimate of drug-likeness (QED) is 0.0230. The third kappa shape index (κ3) is 43.1. The van der Waals surface area contributed by atoms with E-state index >= 15 is 0 Å². The monoisotopic (exact) mass is 867 g/mol. The first-order chi connectivity index (χ1) is 29.3. The van der Waals surface area contributed by atoms with E-state index in [1.165, 1.54) is 135 Å². The van der Waals surface area contributed by atoms with Gasteiger partial charge in [-0.3, -0.25) is 13.8 Å². The summed E-state index contributed by atoms with van der Waals surface area (Å²) in [6.07, 6.45) is 53.5. The largest absolute Gasteiger partial charge is 0.472 e. The molecule has 4 unspecified atom stereocenters. The molecule has 9 nitrogen and oxygen atoms in total. The minimum atomic E-state index is -4.42. The van der Waals surface area contributed by atoms with Crippen LogP contribution in [-0.2, 0) is 18.4 Å². The van der Waals surface area contributed by atoms with Crippen molar-refractivity contribution >= 4 is 13.7 Å². The molecule has 352 valence electrons. The smallest absolute Gasteiger partial charge is 0.393 e. The number of carbonyl (C=O) groups excluding carboxylic acids is 1. The van der Waals surface area contributed by atoms with Gasteiger partial charge in [-0.2, -0.15) is 0 Å². The van der Waals surface area contributed by atoms with E-state index in [0.717, 1.165) is 57.8 Å². The van der Waals surface area contributed by atoms with Gasteiger partial charge in [-0.1, -0.05) is 197 Å². The predicted molar refractivity (Wildman–Crippen MR) is 255 cm³/mol. The number of hydrogen-bond donors (Lipinski definition) is 5. The molecular formula is C50H95N2O7P. The average Bonchev–Trinajstić information content (AvgIpc) is 3.23. The SMILES string of the molecule is CCCCCCCCCC/C=C/CC/C=C/CC/C=C/C(O)C(COP(=O)(O)OCCN)NC(=O)CC(O)CCCCCCC/C=C\CCCCCCCCCCCCC. The minimum absolute atomic E-state index is 0.0404. The number of allylic oxidation sites excluding steroid dienone is 7. The number of phosphoric ester groups is 1. The highest BCUT2D eigenvalue weighted by atomic mass is 31.2. The van der Waals surface area contributed by atoms with E-state index in [2.05, 4.69) is 55.6 Å². The normalized spacial score (nSPS) is 14.8. The second kappa shape index (κ2) is 45.4. The van der Waals surface area contributed by atoms with Crippen LogP contribution in [0.25, 0.3) is 0 Å². The molecule has 0 rings (SSSR count). The van der Waals surface area contributed by atoms with Crippen molar-refractivity contribution in [1.29, 1.82) is 0 Å². The Labute approximate surface area is 369 Å². The number of aliphatic hydroxyl groups is 2. The summed E-state index contributed by atoms with van der Waals surface area (Å²) in [5, 5.41) is 24.1. The Kier molecular flexibility index (Phi) is 44.2. The fourth-order valence-corrected chi connectivity index (χ4v) is 7.90. The second-order valence-corrected chi connectivity index (χ2v) is 18.3. The van der Waals surface area contributed by atoms with Crippen molar-refractivity contribution in [3.8, 4) is 0 Å². The second-order valence-electron chi connectivity index (χ2n) is 16.8. The Morgan fingerprint density at radius 3 is 1.38 bits per heavy atom. The lowest BCUT2D eigenvalue weighted by molar-refractivity contribution is -0.124. The number of hydrogen-bond acceptors (Lipinski definition) is 7. The van der Waals surface area contributed by atoms with Crippen molar-refractivity contribution in [2.75, 3.05) is 19.8 Å². The average molecular weight is 867 g/mol. The Balaban J connectivity index is 4.30. The van der Waals surface area contributed by atoms with E-state index < -0.39 is 38.6 Å². The van der Waals surface area contributed by atoms with Crippen molar-refractivity contribution < 1.29 is 33.5 Å². The fraction of sp³-hybridized carbons (Fsp3) is 0.820. The highest BCUT2D eigenvalue weighted by Gasteiger charge is 2.27. The molecule has 0 radical (unpaired) electrons. The molecule has 0 aromatic carbocycles. The molecule has 0 bridgehead atoms. The summed E-state index contributed by atoms with van der Waals surface area (Å²) in [6, 6.07) is -1.01. The lowest BCUT2D eigenvalue weighted by Crippen LogP contribution is -2.46. The maximum absolute atomic E-state index is 12.9.